The van der Waals surface area contributed by atoms with Crippen LogP contribution in [-0.2, 0) is 20.8 Å². The quantitative estimate of drug-likeness (QED) is 0.485. The van der Waals surface area contributed by atoms with E-state index < -0.39 is 42.2 Å². The van der Waals surface area contributed by atoms with E-state index in [4.69, 9.17) is 11.5 Å². The summed E-state index contributed by atoms with van der Waals surface area (Å²) in [6.45, 7) is 4.03. The van der Waals surface area contributed by atoms with Crippen molar-refractivity contribution in [1.29, 1.82) is 0 Å². The van der Waals surface area contributed by atoms with Crippen LogP contribution in [0.2, 0.25) is 0 Å². The molecular weight excluding hydrogens is 380 g/mol. The van der Waals surface area contributed by atoms with Gasteiger partial charge in [-0.3, -0.25) is 14.4 Å². The van der Waals surface area contributed by atoms with Gasteiger partial charge in [-0.15, -0.1) is 0 Å². The number of carbonyl (C=O) groups is 3. The fraction of sp³-hybridized carbons (Fsp3) is 0.571. The number of ketones is 2. The molecule has 0 aliphatic heterocycles. The third-order valence-corrected chi connectivity index (χ3v) is 4.64. The summed E-state index contributed by atoms with van der Waals surface area (Å²) in [5, 5.41) is 2.05. The molecule has 0 bridgehead atoms. The van der Waals surface area contributed by atoms with Crippen LogP contribution in [-0.4, -0.2) is 42.0 Å². The predicted molar refractivity (Wildman–Crippen MR) is 107 cm³/mol. The van der Waals surface area contributed by atoms with Gasteiger partial charge in [0.25, 0.3) is 0 Å². The molecule has 0 aliphatic carbocycles. The van der Waals surface area contributed by atoms with Crippen molar-refractivity contribution in [3.63, 3.8) is 0 Å². The summed E-state index contributed by atoms with van der Waals surface area (Å²) in [6.07, 6.45) is 0.0656. The molecule has 5 N–H and O–H groups in total. The Hall–Kier alpha value is -2.19. The number of hydrogen-bond donors (Lipinski definition) is 3. The zero-order valence-corrected chi connectivity index (χ0v) is 17.2. The normalized spacial score (nSPS) is 14.9. The highest BCUT2D eigenvalue weighted by atomic mass is 19.3. The molecule has 0 saturated heterocycles. The molecule has 29 heavy (non-hydrogen) atoms. The molecule has 1 amide bonds. The molecule has 1 aromatic rings. The average molecular weight is 411 g/mol. The zero-order valence-electron chi connectivity index (χ0n) is 17.2. The maximum Gasteiger partial charge on any atom is 0.323 e. The smallest absolute Gasteiger partial charge is 0.323 e. The van der Waals surface area contributed by atoms with Crippen LogP contribution in [0.3, 0.4) is 0 Å². The Morgan fingerprint density at radius 3 is 2.21 bits per heavy atom. The Bertz CT molecular complexity index is 696. The minimum Gasteiger partial charge on any atom is -0.350 e. The highest BCUT2D eigenvalue weighted by Gasteiger charge is 2.42. The number of benzene rings is 1. The van der Waals surface area contributed by atoms with Gasteiger partial charge in [0.15, 0.2) is 5.78 Å². The molecule has 0 saturated carbocycles. The molecular formula is C21H31F2N3O3. The first kappa shape index (κ1) is 24.8. The number of rotatable bonds is 12. The minimum absolute atomic E-state index is 0.00454. The van der Waals surface area contributed by atoms with Gasteiger partial charge in [0.05, 0.1) is 18.6 Å². The molecule has 0 radical (unpaired) electrons. The lowest BCUT2D eigenvalue weighted by Gasteiger charge is -2.22. The van der Waals surface area contributed by atoms with Gasteiger partial charge in [-0.1, -0.05) is 51.1 Å². The van der Waals surface area contributed by atoms with Gasteiger partial charge in [-0.25, -0.2) is 0 Å². The van der Waals surface area contributed by atoms with Crippen molar-refractivity contribution in [3.05, 3.63) is 35.9 Å². The standard InChI is InChI=1S/C21H31F2N3O3/c1-13(2)9-16(24)20(29)21(22,23)12-26-18(28)10-14(3)19(25)17(27)11-15-7-5-4-6-8-15/h4-8,13-14,16,19H,9-12,24-25H2,1-3H3,(H,26,28)/t14-,16?,19?/m1/s1. The molecule has 3 atom stereocenters. The summed E-state index contributed by atoms with van der Waals surface area (Å²) in [7, 11) is 0. The van der Waals surface area contributed by atoms with E-state index in [0.717, 1.165) is 5.56 Å². The van der Waals surface area contributed by atoms with Crippen molar-refractivity contribution in [3.8, 4) is 0 Å². The van der Waals surface area contributed by atoms with E-state index >= 15 is 0 Å². The molecule has 8 heteroatoms. The van der Waals surface area contributed by atoms with Crippen LogP contribution < -0.4 is 16.8 Å². The van der Waals surface area contributed by atoms with E-state index in [1.54, 1.807) is 45.0 Å². The van der Waals surface area contributed by atoms with Gasteiger partial charge < -0.3 is 16.8 Å². The number of carbonyl (C=O) groups excluding carboxylic acids is 3. The molecule has 6 nitrogen and oxygen atoms in total. The van der Waals surface area contributed by atoms with Crippen LogP contribution in [0.1, 0.15) is 39.2 Å². The second kappa shape index (κ2) is 11.1. The molecule has 0 aliphatic rings. The highest BCUT2D eigenvalue weighted by molar-refractivity contribution is 5.91. The second-order valence-electron chi connectivity index (χ2n) is 7.92. The third kappa shape index (κ3) is 8.37. The van der Waals surface area contributed by atoms with Crippen LogP contribution in [0.15, 0.2) is 30.3 Å². The average Bonchev–Trinajstić information content (AvgIpc) is 2.65. The van der Waals surface area contributed by atoms with Crippen molar-refractivity contribution >= 4 is 17.5 Å². The molecule has 1 aromatic carbocycles. The lowest BCUT2D eigenvalue weighted by Crippen LogP contribution is -2.50. The Morgan fingerprint density at radius 2 is 1.66 bits per heavy atom. The maximum absolute atomic E-state index is 14.0. The molecule has 162 valence electrons. The van der Waals surface area contributed by atoms with E-state index in [1.807, 2.05) is 6.07 Å². The van der Waals surface area contributed by atoms with Crippen LogP contribution in [0.25, 0.3) is 0 Å². The summed E-state index contributed by atoms with van der Waals surface area (Å²) >= 11 is 0. The summed E-state index contributed by atoms with van der Waals surface area (Å²) in [5.74, 6) is -6.64. The van der Waals surface area contributed by atoms with Crippen LogP contribution >= 0.6 is 0 Å². The van der Waals surface area contributed by atoms with Crippen LogP contribution in [0.4, 0.5) is 8.78 Å². The topological polar surface area (TPSA) is 115 Å². The first-order chi connectivity index (χ1) is 13.4. The minimum atomic E-state index is -3.75. The van der Waals surface area contributed by atoms with E-state index in [1.165, 1.54) is 0 Å². The molecule has 2 unspecified atom stereocenters. The Labute approximate surface area is 170 Å². The number of Topliss-reactive ketones (excluding diaryl/α,β-unsaturated/α-hetero) is 2. The lowest BCUT2D eigenvalue weighted by atomic mass is 9.92. The van der Waals surface area contributed by atoms with Crippen molar-refractivity contribution < 1.29 is 23.2 Å². The van der Waals surface area contributed by atoms with Crippen molar-refractivity contribution in [2.45, 2.75) is 58.0 Å². The van der Waals surface area contributed by atoms with Crippen molar-refractivity contribution in [2.24, 2.45) is 23.3 Å². The van der Waals surface area contributed by atoms with Gasteiger partial charge in [0.1, 0.15) is 0 Å². The fourth-order valence-corrected chi connectivity index (χ4v) is 2.91. The summed E-state index contributed by atoms with van der Waals surface area (Å²) in [6, 6.07) is 6.85. The summed E-state index contributed by atoms with van der Waals surface area (Å²) < 4.78 is 28.0. The van der Waals surface area contributed by atoms with Gasteiger partial charge in [0, 0.05) is 12.8 Å². The first-order valence-electron chi connectivity index (χ1n) is 9.70. The van der Waals surface area contributed by atoms with Crippen molar-refractivity contribution in [1.82, 2.24) is 5.32 Å². The maximum atomic E-state index is 14.0. The number of amides is 1. The number of halogens is 2. The molecule has 0 fully saturated rings. The Kier molecular flexibility index (Phi) is 9.52. The number of alkyl halides is 2. The van der Waals surface area contributed by atoms with E-state index in [0.29, 0.717) is 0 Å². The van der Waals surface area contributed by atoms with Gasteiger partial charge >= 0.3 is 5.92 Å². The molecule has 0 aromatic heterocycles. The van der Waals surface area contributed by atoms with Crippen LogP contribution in [0.5, 0.6) is 0 Å². The second-order valence-corrected chi connectivity index (χ2v) is 7.92. The predicted octanol–water partition coefficient (Wildman–Crippen LogP) is 1.85. The number of nitrogens with one attached hydrogen (secondary N) is 1. The number of hydrogen-bond acceptors (Lipinski definition) is 5. The zero-order chi connectivity index (χ0) is 22.2. The van der Waals surface area contributed by atoms with E-state index in [9.17, 15) is 23.2 Å². The first-order valence-corrected chi connectivity index (χ1v) is 9.70. The van der Waals surface area contributed by atoms with Gasteiger partial charge in [0.2, 0.25) is 11.7 Å². The monoisotopic (exact) mass is 411 g/mol. The molecule has 0 heterocycles. The van der Waals surface area contributed by atoms with Gasteiger partial charge in [-0.2, -0.15) is 8.78 Å². The highest BCUT2D eigenvalue weighted by Crippen LogP contribution is 2.19. The largest absolute Gasteiger partial charge is 0.350 e. The fourth-order valence-electron chi connectivity index (χ4n) is 2.91. The van der Waals surface area contributed by atoms with E-state index in [-0.39, 0.29) is 31.0 Å². The Balaban J connectivity index is 2.51. The number of nitrogens with two attached hydrogens (primary N) is 2. The Morgan fingerprint density at radius 1 is 1.07 bits per heavy atom. The van der Waals surface area contributed by atoms with E-state index in [2.05, 4.69) is 5.32 Å². The SMILES string of the molecule is CC(C)CC(N)C(=O)C(F)(F)CNC(=O)C[C@@H](C)C(N)C(=O)Cc1ccccc1. The van der Waals surface area contributed by atoms with Gasteiger partial charge in [-0.05, 0) is 23.8 Å². The summed E-state index contributed by atoms with van der Waals surface area (Å²) in [5.41, 5.74) is 12.3. The van der Waals surface area contributed by atoms with Crippen molar-refractivity contribution in [2.75, 3.05) is 6.54 Å². The van der Waals surface area contributed by atoms with Crippen LogP contribution in [0, 0.1) is 11.8 Å². The summed E-state index contributed by atoms with van der Waals surface area (Å²) in [4.78, 5) is 36.1. The molecule has 0 spiro atoms. The lowest BCUT2D eigenvalue weighted by molar-refractivity contribution is -0.145. The third-order valence-electron chi connectivity index (χ3n) is 4.64. The molecule has 1 rings (SSSR count).